The minimum Gasteiger partial charge on any atom is -0.469 e. The number of non-ortho nitro benzene ring substituents is 1. The second-order valence-corrected chi connectivity index (χ2v) is 11.7. The number of nitrogens with one attached hydrogen (secondary N) is 1. The van der Waals surface area contributed by atoms with Crippen molar-refractivity contribution < 1.29 is 36.9 Å². The third-order valence-corrected chi connectivity index (χ3v) is 9.63. The van der Waals surface area contributed by atoms with Crippen LogP contribution < -0.4 is 15.1 Å². The highest BCUT2D eigenvalue weighted by Crippen LogP contribution is 2.54. The molecule has 0 aliphatic carbocycles. The van der Waals surface area contributed by atoms with Crippen LogP contribution in [0.3, 0.4) is 0 Å². The predicted molar refractivity (Wildman–Crippen MR) is 148 cm³/mol. The predicted octanol–water partition coefficient (Wildman–Crippen LogP) is 4.86. The molecule has 3 atom stereocenters. The number of thioether (sulfide) groups is 1. The number of nitro benzene ring substituents is 1. The number of amides is 3. The van der Waals surface area contributed by atoms with Crippen LogP contribution in [-0.2, 0) is 27.1 Å². The smallest absolute Gasteiger partial charge is 0.418 e. The fourth-order valence-corrected chi connectivity index (χ4v) is 7.93. The van der Waals surface area contributed by atoms with Crippen LogP contribution in [0.5, 0.6) is 0 Å². The summed E-state index contributed by atoms with van der Waals surface area (Å²) in [4.78, 5) is 64.6. The number of alkyl halides is 3. The number of para-hydroxylation sites is 1. The highest BCUT2D eigenvalue weighted by atomic mass is 32.2. The normalized spacial score (nSPS) is 19.7. The molecule has 11 nitrogen and oxygen atoms in total. The van der Waals surface area contributed by atoms with E-state index >= 15 is 0 Å². The van der Waals surface area contributed by atoms with E-state index in [2.05, 4.69) is 5.32 Å². The molecule has 2 aliphatic heterocycles. The van der Waals surface area contributed by atoms with Gasteiger partial charge in [-0.25, -0.2) is 4.90 Å². The Labute approximate surface area is 247 Å². The molecule has 3 amide bonds. The SMILES string of the molecule is O=C(Cn1c2c(sc1=O)[C@@H](c1ccco1)[C@@H]1C(=O)N(c3ccc([N+](=O)[O-])cc3)C(=O)[C@@H]1S2)Nc1ccccc1C(F)(F)F. The third-order valence-electron chi connectivity index (χ3n) is 7.03. The van der Waals surface area contributed by atoms with Crippen molar-refractivity contribution in [1.82, 2.24) is 4.57 Å². The highest BCUT2D eigenvalue weighted by Gasteiger charge is 2.57. The molecule has 0 saturated carbocycles. The number of thiazole rings is 1. The summed E-state index contributed by atoms with van der Waals surface area (Å²) in [5, 5.41) is 12.4. The second-order valence-electron chi connectivity index (χ2n) is 9.56. The van der Waals surface area contributed by atoms with Gasteiger partial charge in [-0.1, -0.05) is 35.2 Å². The Morgan fingerprint density at radius 3 is 2.40 bits per heavy atom. The maximum Gasteiger partial charge on any atom is 0.418 e. The number of aromatic nitrogens is 1. The van der Waals surface area contributed by atoms with E-state index in [-0.39, 0.29) is 16.4 Å². The number of fused-ring (bicyclic) bond motifs is 2. The average Bonchev–Trinajstić information content (AvgIpc) is 3.66. The molecule has 4 aromatic rings. The van der Waals surface area contributed by atoms with Gasteiger partial charge in [-0.05, 0) is 36.4 Å². The first-order chi connectivity index (χ1) is 20.5. The van der Waals surface area contributed by atoms with Gasteiger partial charge >= 0.3 is 11.0 Å². The minimum absolute atomic E-state index is 0.122. The summed E-state index contributed by atoms with van der Waals surface area (Å²) in [6.07, 6.45) is -3.36. The van der Waals surface area contributed by atoms with Crippen LogP contribution in [0.25, 0.3) is 0 Å². The number of furan rings is 1. The number of benzene rings is 2. The van der Waals surface area contributed by atoms with E-state index < -0.39 is 68.6 Å². The third kappa shape index (κ3) is 4.91. The van der Waals surface area contributed by atoms with Crippen molar-refractivity contribution in [2.24, 2.45) is 5.92 Å². The van der Waals surface area contributed by atoms with Gasteiger partial charge in [-0.15, -0.1) is 0 Å². The van der Waals surface area contributed by atoms with Crippen LogP contribution in [0.4, 0.5) is 30.2 Å². The molecule has 4 heterocycles. The number of hydrogen-bond acceptors (Lipinski definition) is 9. The van der Waals surface area contributed by atoms with Crippen LogP contribution in [0, 0.1) is 16.0 Å². The molecule has 2 aromatic carbocycles. The summed E-state index contributed by atoms with van der Waals surface area (Å²) in [6, 6.07) is 12.5. The first kappa shape index (κ1) is 28.4. The molecule has 0 unspecified atom stereocenters. The molecule has 0 bridgehead atoms. The first-order valence-corrected chi connectivity index (χ1v) is 14.2. The lowest BCUT2D eigenvalue weighted by Gasteiger charge is -2.29. The summed E-state index contributed by atoms with van der Waals surface area (Å²) in [7, 11) is 0. The van der Waals surface area contributed by atoms with Gasteiger partial charge in [0.15, 0.2) is 0 Å². The lowest BCUT2D eigenvalue weighted by atomic mass is 9.87. The van der Waals surface area contributed by atoms with Crippen molar-refractivity contribution >= 4 is 57.9 Å². The van der Waals surface area contributed by atoms with Gasteiger partial charge in [0.05, 0.1) is 49.9 Å². The lowest BCUT2D eigenvalue weighted by Crippen LogP contribution is -2.32. The van der Waals surface area contributed by atoms with Crippen LogP contribution in [-0.4, -0.2) is 32.5 Å². The zero-order valence-corrected chi connectivity index (χ0v) is 23.1. The molecule has 1 saturated heterocycles. The quantitative estimate of drug-likeness (QED) is 0.181. The zero-order valence-electron chi connectivity index (χ0n) is 21.4. The van der Waals surface area contributed by atoms with Gasteiger partial charge in [-0.2, -0.15) is 13.2 Å². The number of imide groups is 1. The Kier molecular flexibility index (Phi) is 6.96. The van der Waals surface area contributed by atoms with Crippen molar-refractivity contribution in [2.45, 2.75) is 28.9 Å². The van der Waals surface area contributed by atoms with Crippen LogP contribution >= 0.6 is 23.1 Å². The van der Waals surface area contributed by atoms with Crippen molar-refractivity contribution in [1.29, 1.82) is 0 Å². The number of nitro groups is 1. The number of hydrogen-bond donors (Lipinski definition) is 1. The van der Waals surface area contributed by atoms with Gasteiger partial charge in [0.1, 0.15) is 17.6 Å². The van der Waals surface area contributed by atoms with Crippen molar-refractivity contribution in [3.63, 3.8) is 0 Å². The Morgan fingerprint density at radius 2 is 1.74 bits per heavy atom. The Hall–Kier alpha value is -4.70. The lowest BCUT2D eigenvalue weighted by molar-refractivity contribution is -0.384. The number of carbonyl (C=O) groups excluding carboxylic acids is 3. The molecule has 1 N–H and O–H groups in total. The van der Waals surface area contributed by atoms with Crippen LogP contribution in [0.2, 0.25) is 0 Å². The first-order valence-electron chi connectivity index (χ1n) is 12.5. The maximum atomic E-state index is 13.8. The average molecular weight is 631 g/mol. The van der Waals surface area contributed by atoms with Gasteiger partial charge in [0.25, 0.3) is 5.69 Å². The monoisotopic (exact) mass is 630 g/mol. The van der Waals surface area contributed by atoms with Gasteiger partial charge in [0.2, 0.25) is 17.7 Å². The highest BCUT2D eigenvalue weighted by molar-refractivity contribution is 8.00. The molecule has 2 aliphatic rings. The van der Waals surface area contributed by atoms with Crippen molar-refractivity contribution in [3.8, 4) is 0 Å². The molecule has 0 spiro atoms. The summed E-state index contributed by atoms with van der Waals surface area (Å²) in [5.41, 5.74) is -1.64. The fraction of sp³-hybridized carbons (Fsp3) is 0.185. The van der Waals surface area contributed by atoms with Gasteiger partial charge in [0, 0.05) is 12.1 Å². The molecule has 0 radical (unpaired) electrons. The topological polar surface area (TPSA) is 145 Å². The van der Waals surface area contributed by atoms with E-state index in [0.717, 1.165) is 44.7 Å². The van der Waals surface area contributed by atoms with Crippen molar-refractivity contribution in [3.05, 3.63) is 103 Å². The molecule has 43 heavy (non-hydrogen) atoms. The summed E-state index contributed by atoms with van der Waals surface area (Å²) >= 11 is 1.64. The zero-order chi connectivity index (χ0) is 30.6. The number of rotatable bonds is 6. The molecular weight excluding hydrogens is 613 g/mol. The molecule has 16 heteroatoms. The van der Waals surface area contributed by atoms with E-state index in [0.29, 0.717) is 10.6 Å². The van der Waals surface area contributed by atoms with E-state index in [1.54, 1.807) is 12.1 Å². The molecule has 6 rings (SSSR count). The van der Waals surface area contributed by atoms with Gasteiger partial charge in [-0.3, -0.25) is 33.9 Å². The largest absolute Gasteiger partial charge is 0.469 e. The van der Waals surface area contributed by atoms with Crippen LogP contribution in [0.1, 0.15) is 22.1 Å². The Morgan fingerprint density at radius 1 is 1.02 bits per heavy atom. The van der Waals surface area contributed by atoms with E-state index in [9.17, 15) is 42.5 Å². The molecule has 2 aromatic heterocycles. The molecule has 1 fully saturated rings. The summed E-state index contributed by atoms with van der Waals surface area (Å²) in [6.45, 7) is -0.652. The molecule has 220 valence electrons. The second kappa shape index (κ2) is 10.5. The number of nitrogens with zero attached hydrogens (tertiary/aromatic N) is 3. The molecular formula is C27H17F3N4O7S2. The van der Waals surface area contributed by atoms with Crippen LogP contribution in [0.15, 0.2) is 81.2 Å². The summed E-state index contributed by atoms with van der Waals surface area (Å²) < 4.78 is 47.0. The Bertz CT molecular complexity index is 1830. The summed E-state index contributed by atoms with van der Waals surface area (Å²) in [5.74, 6) is -3.74. The standard InChI is InChI=1S/C27H17F3N4O7S2/c28-27(29,30)15-4-1-2-5-16(15)31-18(35)12-32-25-22(43-26(32)38)19(17-6-3-11-41-17)20-21(42-25)24(37)33(23(20)36)13-7-9-14(10-8-13)34(39)40/h1-11,19-21H,12H2,(H,31,35)/t19-,20-,21+/m0/s1. The van der Waals surface area contributed by atoms with E-state index in [1.807, 2.05) is 0 Å². The van der Waals surface area contributed by atoms with Gasteiger partial charge < -0.3 is 9.73 Å². The minimum atomic E-state index is -4.73. The van der Waals surface area contributed by atoms with E-state index in [4.69, 9.17) is 4.42 Å². The Balaban J connectivity index is 1.36. The number of carbonyl (C=O) groups is 3. The number of anilines is 2. The van der Waals surface area contributed by atoms with Crippen molar-refractivity contribution in [2.75, 3.05) is 10.2 Å². The maximum absolute atomic E-state index is 13.8. The number of halogens is 3. The van der Waals surface area contributed by atoms with E-state index in [1.165, 1.54) is 42.7 Å². The fourth-order valence-electron chi connectivity index (χ4n) is 5.18.